The summed E-state index contributed by atoms with van der Waals surface area (Å²) >= 11 is 5.74. The summed E-state index contributed by atoms with van der Waals surface area (Å²) in [6, 6.07) is 12.9. The zero-order chi connectivity index (χ0) is 12.3. The summed E-state index contributed by atoms with van der Waals surface area (Å²) in [5.74, 6) is -0.374. The normalized spacial score (nSPS) is 10.3. The lowest BCUT2D eigenvalue weighted by Gasteiger charge is -2.05. The van der Waals surface area contributed by atoms with E-state index in [-0.39, 0.29) is 10.8 Å². The highest BCUT2D eigenvalue weighted by Gasteiger charge is 2.02. The summed E-state index contributed by atoms with van der Waals surface area (Å²) in [6.45, 7) is 0. The molecule has 0 radical (unpaired) electrons. The van der Waals surface area contributed by atoms with Gasteiger partial charge >= 0.3 is 0 Å². The fourth-order valence-electron chi connectivity index (χ4n) is 1.67. The molecule has 0 saturated heterocycles. The number of hydrogen-bond acceptors (Lipinski definition) is 1. The van der Waals surface area contributed by atoms with Crippen LogP contribution in [0.15, 0.2) is 42.5 Å². The lowest BCUT2D eigenvalue weighted by atomic mass is 10.0. The maximum atomic E-state index is 13.0. The number of benzene rings is 2. The van der Waals surface area contributed by atoms with Crippen LogP contribution in [0.5, 0.6) is 0 Å². The van der Waals surface area contributed by atoms with Gasteiger partial charge in [0.05, 0.1) is 5.02 Å². The van der Waals surface area contributed by atoms with Crippen molar-refractivity contribution in [3.63, 3.8) is 0 Å². The van der Waals surface area contributed by atoms with Crippen LogP contribution < -0.4 is 5.32 Å². The molecule has 0 aliphatic carbocycles. The lowest BCUT2D eigenvalue weighted by molar-refractivity contribution is 0.627. The Morgan fingerprint density at radius 3 is 2.29 bits per heavy atom. The molecular weight excluding hydrogens is 237 g/mol. The number of halogens is 2. The Morgan fingerprint density at radius 1 is 1.06 bits per heavy atom. The van der Waals surface area contributed by atoms with Gasteiger partial charge in [-0.3, -0.25) is 0 Å². The summed E-state index contributed by atoms with van der Waals surface area (Å²) in [7, 11) is 1.88. The molecule has 17 heavy (non-hydrogen) atoms. The lowest BCUT2D eigenvalue weighted by Crippen LogP contribution is -1.91. The molecule has 0 atom stereocenters. The standard InChI is InChI=1S/C14H13ClFN/c1-17-12-5-2-10(3-6-12)8-11-4-7-14(16)13(15)9-11/h2-7,9,17H,8H2,1H3. The molecule has 0 aliphatic rings. The van der Waals surface area contributed by atoms with Crippen molar-refractivity contribution < 1.29 is 4.39 Å². The van der Waals surface area contributed by atoms with Crippen molar-refractivity contribution in [3.8, 4) is 0 Å². The van der Waals surface area contributed by atoms with Gasteiger partial charge < -0.3 is 5.32 Å². The Labute approximate surface area is 105 Å². The maximum Gasteiger partial charge on any atom is 0.141 e. The molecule has 0 bridgehead atoms. The quantitative estimate of drug-likeness (QED) is 0.863. The van der Waals surface area contributed by atoms with Gasteiger partial charge in [0.2, 0.25) is 0 Å². The summed E-state index contributed by atoms with van der Waals surface area (Å²) in [4.78, 5) is 0. The molecule has 0 unspecified atom stereocenters. The molecule has 88 valence electrons. The first kappa shape index (κ1) is 11.9. The maximum absolute atomic E-state index is 13.0. The number of rotatable bonds is 3. The zero-order valence-electron chi connectivity index (χ0n) is 9.50. The molecule has 2 rings (SSSR count). The summed E-state index contributed by atoms with van der Waals surface area (Å²) in [5.41, 5.74) is 3.26. The fourth-order valence-corrected chi connectivity index (χ4v) is 1.88. The minimum atomic E-state index is -0.374. The highest BCUT2D eigenvalue weighted by atomic mass is 35.5. The first-order valence-corrected chi connectivity index (χ1v) is 5.77. The van der Waals surface area contributed by atoms with Crippen molar-refractivity contribution in [1.29, 1.82) is 0 Å². The van der Waals surface area contributed by atoms with Crippen molar-refractivity contribution in [1.82, 2.24) is 0 Å². The van der Waals surface area contributed by atoms with E-state index >= 15 is 0 Å². The average Bonchev–Trinajstić information content (AvgIpc) is 2.35. The Kier molecular flexibility index (Phi) is 3.64. The predicted octanol–water partition coefficient (Wildman–Crippen LogP) is 4.11. The van der Waals surface area contributed by atoms with Crippen LogP contribution in [0.2, 0.25) is 5.02 Å². The van der Waals surface area contributed by atoms with Crippen LogP contribution >= 0.6 is 11.6 Å². The summed E-state index contributed by atoms with van der Waals surface area (Å²) in [6.07, 6.45) is 0.754. The molecule has 2 aromatic rings. The van der Waals surface area contributed by atoms with Crippen LogP contribution in [0.4, 0.5) is 10.1 Å². The number of nitrogens with one attached hydrogen (secondary N) is 1. The van der Waals surface area contributed by atoms with E-state index in [9.17, 15) is 4.39 Å². The minimum Gasteiger partial charge on any atom is -0.388 e. The van der Waals surface area contributed by atoms with E-state index in [2.05, 4.69) is 5.32 Å². The largest absolute Gasteiger partial charge is 0.388 e. The number of anilines is 1. The van der Waals surface area contributed by atoms with Gasteiger partial charge in [-0.2, -0.15) is 0 Å². The third kappa shape index (κ3) is 2.98. The van der Waals surface area contributed by atoms with Gasteiger partial charge in [0.15, 0.2) is 0 Å². The highest BCUT2D eigenvalue weighted by molar-refractivity contribution is 6.30. The summed E-state index contributed by atoms with van der Waals surface area (Å²) < 4.78 is 13.0. The van der Waals surface area contributed by atoms with E-state index in [0.717, 1.165) is 17.7 Å². The zero-order valence-corrected chi connectivity index (χ0v) is 10.3. The van der Waals surface area contributed by atoms with Gasteiger partial charge in [-0.05, 0) is 41.8 Å². The van der Waals surface area contributed by atoms with E-state index in [4.69, 9.17) is 11.6 Å². The molecule has 2 aromatic carbocycles. The first-order valence-electron chi connectivity index (χ1n) is 5.39. The monoisotopic (exact) mass is 249 g/mol. The van der Waals surface area contributed by atoms with E-state index in [1.807, 2.05) is 31.3 Å². The highest BCUT2D eigenvalue weighted by Crippen LogP contribution is 2.19. The second-order valence-corrected chi connectivity index (χ2v) is 4.28. The molecule has 0 heterocycles. The van der Waals surface area contributed by atoms with Crippen molar-refractivity contribution in [2.75, 3.05) is 12.4 Å². The average molecular weight is 250 g/mol. The third-order valence-electron chi connectivity index (χ3n) is 2.63. The topological polar surface area (TPSA) is 12.0 Å². The SMILES string of the molecule is CNc1ccc(Cc2ccc(F)c(Cl)c2)cc1. The number of hydrogen-bond donors (Lipinski definition) is 1. The van der Waals surface area contributed by atoms with E-state index < -0.39 is 0 Å². The van der Waals surface area contributed by atoms with Crippen molar-refractivity contribution in [2.24, 2.45) is 0 Å². The van der Waals surface area contributed by atoms with Gasteiger partial charge in [0.25, 0.3) is 0 Å². The minimum absolute atomic E-state index is 0.175. The van der Waals surface area contributed by atoms with Gasteiger partial charge in [-0.1, -0.05) is 29.8 Å². The first-order chi connectivity index (χ1) is 8.19. The predicted molar refractivity (Wildman–Crippen MR) is 70.2 cm³/mol. The van der Waals surface area contributed by atoms with Gasteiger partial charge in [-0.15, -0.1) is 0 Å². The van der Waals surface area contributed by atoms with Crippen LogP contribution in [-0.2, 0) is 6.42 Å². The van der Waals surface area contributed by atoms with Crippen molar-refractivity contribution >= 4 is 17.3 Å². The third-order valence-corrected chi connectivity index (χ3v) is 2.92. The summed E-state index contributed by atoms with van der Waals surface area (Å²) in [5, 5.41) is 3.24. The van der Waals surface area contributed by atoms with Crippen LogP contribution in [0.1, 0.15) is 11.1 Å². The molecule has 0 aromatic heterocycles. The molecule has 0 amide bonds. The van der Waals surface area contributed by atoms with E-state index in [1.54, 1.807) is 12.1 Å². The second kappa shape index (κ2) is 5.19. The molecule has 0 spiro atoms. The Morgan fingerprint density at radius 2 is 1.71 bits per heavy atom. The van der Waals surface area contributed by atoms with Crippen LogP contribution in [0.3, 0.4) is 0 Å². The molecular formula is C14H13ClFN. The molecule has 3 heteroatoms. The molecule has 0 aliphatic heterocycles. The molecule has 1 nitrogen and oxygen atoms in total. The smallest absolute Gasteiger partial charge is 0.141 e. The molecule has 0 saturated carbocycles. The molecule has 0 fully saturated rings. The fraction of sp³-hybridized carbons (Fsp3) is 0.143. The van der Waals surface area contributed by atoms with Gasteiger partial charge in [0.1, 0.15) is 5.82 Å². The van der Waals surface area contributed by atoms with E-state index in [0.29, 0.717) is 0 Å². The van der Waals surface area contributed by atoms with Crippen LogP contribution in [-0.4, -0.2) is 7.05 Å². The van der Waals surface area contributed by atoms with Crippen molar-refractivity contribution in [2.45, 2.75) is 6.42 Å². The van der Waals surface area contributed by atoms with Crippen molar-refractivity contribution in [3.05, 3.63) is 64.4 Å². The van der Waals surface area contributed by atoms with Gasteiger partial charge in [-0.25, -0.2) is 4.39 Å². The Balaban J connectivity index is 2.16. The Hall–Kier alpha value is -1.54. The Bertz CT molecular complexity index is 508. The van der Waals surface area contributed by atoms with E-state index in [1.165, 1.54) is 11.6 Å². The van der Waals surface area contributed by atoms with Crippen LogP contribution in [0, 0.1) is 5.82 Å². The second-order valence-electron chi connectivity index (χ2n) is 3.87. The molecule has 1 N–H and O–H groups in total. The van der Waals surface area contributed by atoms with Gasteiger partial charge in [0, 0.05) is 12.7 Å². The van der Waals surface area contributed by atoms with Crippen LogP contribution in [0.25, 0.3) is 0 Å².